The molecular formula is C20H17N3O2S. The molecule has 0 fully saturated rings. The van der Waals surface area contributed by atoms with Gasteiger partial charge in [-0.2, -0.15) is 0 Å². The molecule has 2 aromatic carbocycles. The van der Waals surface area contributed by atoms with Crippen molar-refractivity contribution in [3.8, 4) is 0 Å². The monoisotopic (exact) mass is 363 g/mol. The summed E-state index contributed by atoms with van der Waals surface area (Å²) < 4.78 is 5.93. The molecule has 2 heterocycles. The number of hydrogen-bond acceptors (Lipinski definition) is 5. The number of para-hydroxylation sites is 1. The maximum Gasteiger partial charge on any atom is 0.234 e. The number of aryl methyl sites for hydroxylation is 2. The van der Waals surface area contributed by atoms with Gasteiger partial charge in [-0.05, 0) is 43.7 Å². The highest BCUT2D eigenvalue weighted by molar-refractivity contribution is 8.00. The second-order valence-corrected chi connectivity index (χ2v) is 7.02. The summed E-state index contributed by atoms with van der Waals surface area (Å²) in [6, 6.07) is 15.5. The highest BCUT2D eigenvalue weighted by Crippen LogP contribution is 2.33. The fraction of sp³-hybridized carbons (Fsp3) is 0.150. The van der Waals surface area contributed by atoms with Crippen LogP contribution in [0.2, 0.25) is 0 Å². The first kappa shape index (κ1) is 16.6. The quantitative estimate of drug-likeness (QED) is 0.419. The number of hydrogen-bond donors (Lipinski definition) is 1. The number of carbonyl (C=O) groups excluding carboxylic acids is 1. The Labute approximate surface area is 154 Å². The lowest BCUT2D eigenvalue weighted by atomic mass is 10.2. The molecular weight excluding hydrogens is 346 g/mol. The Morgan fingerprint density at radius 1 is 1.12 bits per heavy atom. The fourth-order valence-corrected chi connectivity index (χ4v) is 3.63. The summed E-state index contributed by atoms with van der Waals surface area (Å²) in [5.41, 5.74) is 4.09. The highest BCUT2D eigenvalue weighted by Gasteiger charge is 2.16. The normalized spacial score (nSPS) is 11.2. The number of nitrogens with zero attached hydrogens (tertiary/aromatic N) is 2. The Bertz CT molecular complexity index is 1120. The van der Waals surface area contributed by atoms with Crippen LogP contribution >= 0.6 is 11.8 Å². The molecule has 5 nitrogen and oxygen atoms in total. The predicted octanol–water partition coefficient (Wildman–Crippen LogP) is 4.72. The van der Waals surface area contributed by atoms with Gasteiger partial charge in [-0.1, -0.05) is 36.0 Å². The van der Waals surface area contributed by atoms with Gasteiger partial charge in [0, 0.05) is 11.1 Å². The van der Waals surface area contributed by atoms with Gasteiger partial charge >= 0.3 is 0 Å². The number of furan rings is 1. The average Bonchev–Trinajstić information content (AvgIpc) is 2.98. The van der Waals surface area contributed by atoms with E-state index in [-0.39, 0.29) is 11.7 Å². The van der Waals surface area contributed by atoms with E-state index in [0.717, 1.165) is 27.7 Å². The molecule has 2 aromatic heterocycles. The van der Waals surface area contributed by atoms with Gasteiger partial charge in [-0.3, -0.25) is 4.79 Å². The molecule has 0 atom stereocenters. The van der Waals surface area contributed by atoms with E-state index in [1.165, 1.54) is 11.8 Å². The SMILES string of the molecule is Cc1cccc(NC(=O)CSc2nc(C)nc3c2oc2ccccc23)c1. The molecule has 0 radical (unpaired) electrons. The second-order valence-electron chi connectivity index (χ2n) is 6.06. The second kappa shape index (κ2) is 6.80. The van der Waals surface area contributed by atoms with Crippen molar-refractivity contribution < 1.29 is 9.21 Å². The van der Waals surface area contributed by atoms with E-state index in [4.69, 9.17) is 4.42 Å². The zero-order chi connectivity index (χ0) is 18.1. The maximum absolute atomic E-state index is 12.3. The van der Waals surface area contributed by atoms with Gasteiger partial charge in [-0.15, -0.1) is 0 Å². The number of fused-ring (bicyclic) bond motifs is 3. The first-order chi connectivity index (χ1) is 12.6. The molecule has 6 heteroatoms. The Hall–Kier alpha value is -2.86. The van der Waals surface area contributed by atoms with Crippen LogP contribution in [0, 0.1) is 13.8 Å². The maximum atomic E-state index is 12.3. The number of carbonyl (C=O) groups is 1. The van der Waals surface area contributed by atoms with Crippen molar-refractivity contribution >= 4 is 45.4 Å². The summed E-state index contributed by atoms with van der Waals surface area (Å²) in [7, 11) is 0. The van der Waals surface area contributed by atoms with Gasteiger partial charge in [-0.25, -0.2) is 9.97 Å². The largest absolute Gasteiger partial charge is 0.451 e. The molecule has 4 rings (SSSR count). The van der Waals surface area contributed by atoms with Crippen LogP contribution in [-0.4, -0.2) is 21.6 Å². The van der Waals surface area contributed by atoms with Gasteiger partial charge in [0.1, 0.15) is 22.0 Å². The lowest BCUT2D eigenvalue weighted by Crippen LogP contribution is -2.14. The minimum atomic E-state index is -0.0823. The molecule has 0 aliphatic carbocycles. The number of amides is 1. The molecule has 1 N–H and O–H groups in total. The van der Waals surface area contributed by atoms with Crippen molar-refractivity contribution in [3.05, 3.63) is 59.9 Å². The van der Waals surface area contributed by atoms with Crippen LogP contribution in [0.15, 0.2) is 58.0 Å². The first-order valence-electron chi connectivity index (χ1n) is 8.25. The number of aromatic nitrogens is 2. The fourth-order valence-electron chi connectivity index (χ4n) is 2.82. The van der Waals surface area contributed by atoms with Crippen LogP contribution in [0.25, 0.3) is 22.1 Å². The highest BCUT2D eigenvalue weighted by atomic mass is 32.2. The molecule has 0 spiro atoms. The topological polar surface area (TPSA) is 68.0 Å². The van der Waals surface area contributed by atoms with Crippen molar-refractivity contribution in [2.24, 2.45) is 0 Å². The summed E-state index contributed by atoms with van der Waals surface area (Å²) in [4.78, 5) is 21.3. The van der Waals surface area contributed by atoms with Crippen LogP contribution in [0.4, 0.5) is 5.69 Å². The van der Waals surface area contributed by atoms with Crippen LogP contribution in [-0.2, 0) is 4.79 Å². The lowest BCUT2D eigenvalue weighted by molar-refractivity contribution is -0.113. The molecule has 26 heavy (non-hydrogen) atoms. The Kier molecular flexibility index (Phi) is 4.34. The van der Waals surface area contributed by atoms with Gasteiger partial charge in [0.15, 0.2) is 5.58 Å². The van der Waals surface area contributed by atoms with Crippen molar-refractivity contribution in [1.29, 1.82) is 0 Å². The number of nitrogens with one attached hydrogen (secondary N) is 1. The molecule has 0 saturated heterocycles. The zero-order valence-electron chi connectivity index (χ0n) is 14.4. The van der Waals surface area contributed by atoms with Gasteiger partial charge in [0.25, 0.3) is 0 Å². The van der Waals surface area contributed by atoms with Crippen molar-refractivity contribution in [1.82, 2.24) is 9.97 Å². The minimum Gasteiger partial charge on any atom is -0.451 e. The third kappa shape index (κ3) is 3.28. The summed E-state index contributed by atoms with van der Waals surface area (Å²) in [6.45, 7) is 3.84. The van der Waals surface area contributed by atoms with Crippen molar-refractivity contribution in [2.75, 3.05) is 11.1 Å². The molecule has 4 aromatic rings. The third-order valence-corrected chi connectivity index (χ3v) is 4.90. The van der Waals surface area contributed by atoms with Crippen LogP contribution in [0.1, 0.15) is 11.4 Å². The van der Waals surface area contributed by atoms with E-state index in [0.29, 0.717) is 16.4 Å². The predicted molar refractivity (Wildman–Crippen MR) is 105 cm³/mol. The number of anilines is 1. The minimum absolute atomic E-state index is 0.0823. The van der Waals surface area contributed by atoms with Gasteiger partial charge in [0.05, 0.1) is 5.75 Å². The third-order valence-electron chi connectivity index (χ3n) is 3.94. The van der Waals surface area contributed by atoms with E-state index >= 15 is 0 Å². The van der Waals surface area contributed by atoms with E-state index in [2.05, 4.69) is 15.3 Å². The van der Waals surface area contributed by atoms with Crippen LogP contribution in [0.5, 0.6) is 0 Å². The summed E-state index contributed by atoms with van der Waals surface area (Å²) in [5.74, 6) is 0.822. The average molecular weight is 363 g/mol. The van der Waals surface area contributed by atoms with Crippen molar-refractivity contribution in [2.45, 2.75) is 18.9 Å². The number of benzene rings is 2. The van der Waals surface area contributed by atoms with E-state index in [1.807, 2.05) is 62.4 Å². The molecule has 0 aliphatic heterocycles. The Morgan fingerprint density at radius 3 is 2.81 bits per heavy atom. The van der Waals surface area contributed by atoms with Crippen molar-refractivity contribution in [3.63, 3.8) is 0 Å². The number of rotatable bonds is 4. The summed E-state index contributed by atoms with van der Waals surface area (Å²) in [6.07, 6.45) is 0. The Balaban J connectivity index is 1.58. The van der Waals surface area contributed by atoms with E-state index in [9.17, 15) is 4.79 Å². The molecule has 0 bridgehead atoms. The molecule has 0 aliphatic rings. The van der Waals surface area contributed by atoms with E-state index in [1.54, 1.807) is 0 Å². The van der Waals surface area contributed by atoms with Gasteiger partial charge < -0.3 is 9.73 Å². The first-order valence-corrected chi connectivity index (χ1v) is 9.24. The zero-order valence-corrected chi connectivity index (χ0v) is 15.3. The van der Waals surface area contributed by atoms with E-state index < -0.39 is 0 Å². The molecule has 0 unspecified atom stereocenters. The smallest absolute Gasteiger partial charge is 0.234 e. The number of thioether (sulfide) groups is 1. The van der Waals surface area contributed by atoms with Crippen LogP contribution in [0.3, 0.4) is 0 Å². The van der Waals surface area contributed by atoms with Crippen LogP contribution < -0.4 is 5.32 Å². The van der Waals surface area contributed by atoms with Gasteiger partial charge in [0.2, 0.25) is 5.91 Å². The lowest BCUT2D eigenvalue weighted by Gasteiger charge is -2.06. The molecule has 0 saturated carbocycles. The summed E-state index contributed by atoms with van der Waals surface area (Å²) in [5, 5.41) is 4.55. The molecule has 130 valence electrons. The molecule has 1 amide bonds. The standard InChI is InChI=1S/C20H17N3O2S/c1-12-6-5-7-14(10-12)23-17(24)11-26-20-19-18(21-13(2)22-20)15-8-3-4-9-16(15)25-19/h3-10H,11H2,1-2H3,(H,23,24). The Morgan fingerprint density at radius 2 is 1.96 bits per heavy atom. The summed E-state index contributed by atoms with van der Waals surface area (Å²) >= 11 is 1.35.